The number of nitrogens with zero attached hydrogens (tertiary/aromatic N) is 1. The molecule has 0 atom stereocenters. The Kier molecular flexibility index (Phi) is 4.47. The molecule has 6 heteroatoms. The molecule has 0 spiro atoms. The number of halogens is 2. The number of phenols is 1. The molecule has 104 valence electrons. The summed E-state index contributed by atoms with van der Waals surface area (Å²) in [5.74, 6) is -0.123. The SMILES string of the molecule is Cc1cc(Cl)nc(Cl)c1NC(=O)Cc1cccc(O)c1. The summed E-state index contributed by atoms with van der Waals surface area (Å²) in [5.41, 5.74) is 1.89. The fourth-order valence-electron chi connectivity index (χ4n) is 1.78. The molecule has 2 N–H and O–H groups in total. The monoisotopic (exact) mass is 310 g/mol. The van der Waals surface area contributed by atoms with Crippen LogP contribution in [0.2, 0.25) is 10.3 Å². The number of rotatable bonds is 3. The van der Waals surface area contributed by atoms with Gasteiger partial charge in [-0.2, -0.15) is 0 Å². The average molecular weight is 311 g/mol. The number of hydrogen-bond acceptors (Lipinski definition) is 3. The zero-order valence-electron chi connectivity index (χ0n) is 10.7. The van der Waals surface area contributed by atoms with Gasteiger partial charge in [-0.05, 0) is 36.2 Å². The first kappa shape index (κ1) is 14.6. The number of nitrogens with one attached hydrogen (secondary N) is 1. The van der Waals surface area contributed by atoms with Gasteiger partial charge in [0.1, 0.15) is 10.9 Å². The van der Waals surface area contributed by atoms with Gasteiger partial charge in [0.15, 0.2) is 5.15 Å². The van der Waals surface area contributed by atoms with E-state index in [4.69, 9.17) is 23.2 Å². The number of pyridine rings is 1. The van der Waals surface area contributed by atoms with Crippen LogP contribution in [-0.2, 0) is 11.2 Å². The maximum absolute atomic E-state index is 12.0. The maximum Gasteiger partial charge on any atom is 0.228 e. The Bertz CT molecular complexity index is 636. The average Bonchev–Trinajstić information content (AvgIpc) is 2.33. The summed E-state index contributed by atoms with van der Waals surface area (Å²) in [7, 11) is 0. The standard InChI is InChI=1S/C14H12Cl2N2O2/c1-8-5-11(15)17-14(16)13(8)18-12(20)7-9-3-2-4-10(19)6-9/h2-6,19H,7H2,1H3,(H,18,20). The van der Waals surface area contributed by atoms with E-state index in [0.717, 1.165) is 5.56 Å². The van der Waals surface area contributed by atoms with E-state index < -0.39 is 0 Å². The topological polar surface area (TPSA) is 62.2 Å². The number of carbonyl (C=O) groups is 1. The summed E-state index contributed by atoms with van der Waals surface area (Å²) in [4.78, 5) is 15.9. The minimum atomic E-state index is -0.246. The molecule has 1 heterocycles. The normalized spacial score (nSPS) is 10.3. The van der Waals surface area contributed by atoms with Crippen LogP contribution < -0.4 is 5.32 Å². The first-order chi connectivity index (χ1) is 9.45. The van der Waals surface area contributed by atoms with Crippen molar-refractivity contribution in [2.24, 2.45) is 0 Å². The van der Waals surface area contributed by atoms with Crippen molar-refractivity contribution < 1.29 is 9.90 Å². The van der Waals surface area contributed by atoms with Crippen LogP contribution in [0.4, 0.5) is 5.69 Å². The molecule has 1 aromatic heterocycles. The molecule has 4 nitrogen and oxygen atoms in total. The van der Waals surface area contributed by atoms with Crippen LogP contribution >= 0.6 is 23.2 Å². The van der Waals surface area contributed by atoms with Gasteiger partial charge in [0.25, 0.3) is 0 Å². The number of aromatic nitrogens is 1. The molecule has 0 saturated carbocycles. The summed E-state index contributed by atoms with van der Waals surface area (Å²) < 4.78 is 0. The second-order valence-electron chi connectivity index (χ2n) is 4.32. The highest BCUT2D eigenvalue weighted by atomic mass is 35.5. The summed E-state index contributed by atoms with van der Waals surface area (Å²) in [6.45, 7) is 1.78. The lowest BCUT2D eigenvalue weighted by Crippen LogP contribution is -2.15. The number of phenolic OH excluding ortho intramolecular Hbond substituents is 1. The molecule has 0 aliphatic heterocycles. The number of amides is 1. The predicted molar refractivity (Wildman–Crippen MR) is 79.4 cm³/mol. The molecular weight excluding hydrogens is 299 g/mol. The van der Waals surface area contributed by atoms with Gasteiger partial charge in [0.05, 0.1) is 12.1 Å². The Hall–Kier alpha value is -1.78. The molecule has 0 saturated heterocycles. The van der Waals surface area contributed by atoms with Gasteiger partial charge < -0.3 is 10.4 Å². The van der Waals surface area contributed by atoms with Crippen molar-refractivity contribution in [3.8, 4) is 5.75 Å². The van der Waals surface area contributed by atoms with Crippen LogP contribution in [0.25, 0.3) is 0 Å². The maximum atomic E-state index is 12.0. The van der Waals surface area contributed by atoms with Crippen LogP contribution in [0, 0.1) is 6.92 Å². The first-order valence-electron chi connectivity index (χ1n) is 5.86. The highest BCUT2D eigenvalue weighted by molar-refractivity contribution is 6.34. The summed E-state index contributed by atoms with van der Waals surface area (Å²) in [6.07, 6.45) is 0.132. The fraction of sp³-hybridized carbons (Fsp3) is 0.143. The van der Waals surface area contributed by atoms with Crippen molar-refractivity contribution in [1.29, 1.82) is 0 Å². The van der Waals surface area contributed by atoms with Gasteiger partial charge in [0, 0.05) is 0 Å². The molecule has 1 aromatic carbocycles. The lowest BCUT2D eigenvalue weighted by molar-refractivity contribution is -0.115. The van der Waals surface area contributed by atoms with Crippen molar-refractivity contribution in [2.75, 3.05) is 5.32 Å². The molecule has 0 aliphatic rings. The largest absolute Gasteiger partial charge is 0.508 e. The third-order valence-electron chi connectivity index (χ3n) is 2.68. The molecule has 0 aliphatic carbocycles. The Labute approximate surface area is 126 Å². The fourth-order valence-corrected chi connectivity index (χ4v) is 2.36. The molecule has 20 heavy (non-hydrogen) atoms. The molecule has 1 amide bonds. The van der Waals surface area contributed by atoms with Crippen molar-refractivity contribution >= 4 is 34.8 Å². The second-order valence-corrected chi connectivity index (χ2v) is 5.07. The summed E-state index contributed by atoms with van der Waals surface area (Å²) >= 11 is 11.7. The van der Waals surface area contributed by atoms with E-state index in [-0.39, 0.29) is 28.4 Å². The Balaban J connectivity index is 2.13. The molecule has 2 rings (SSSR count). The van der Waals surface area contributed by atoms with Crippen LogP contribution in [-0.4, -0.2) is 16.0 Å². The highest BCUT2D eigenvalue weighted by Crippen LogP contribution is 2.26. The van der Waals surface area contributed by atoms with E-state index in [9.17, 15) is 9.90 Å². The number of aryl methyl sites for hydroxylation is 1. The van der Waals surface area contributed by atoms with Crippen molar-refractivity contribution in [1.82, 2.24) is 4.98 Å². The Morgan fingerprint density at radius 1 is 1.35 bits per heavy atom. The number of benzene rings is 1. The van der Waals surface area contributed by atoms with E-state index in [1.54, 1.807) is 31.2 Å². The van der Waals surface area contributed by atoms with Crippen LogP contribution in [0.1, 0.15) is 11.1 Å². The molecule has 0 radical (unpaired) electrons. The van der Waals surface area contributed by atoms with Gasteiger partial charge in [-0.25, -0.2) is 4.98 Å². The zero-order chi connectivity index (χ0) is 14.7. The first-order valence-corrected chi connectivity index (χ1v) is 6.61. The van der Waals surface area contributed by atoms with E-state index in [1.807, 2.05) is 0 Å². The predicted octanol–water partition coefficient (Wildman–Crippen LogP) is 3.58. The molecular formula is C14H12Cl2N2O2. The smallest absolute Gasteiger partial charge is 0.228 e. The zero-order valence-corrected chi connectivity index (χ0v) is 12.2. The third-order valence-corrected chi connectivity index (χ3v) is 3.15. The van der Waals surface area contributed by atoms with Crippen LogP contribution in [0.15, 0.2) is 30.3 Å². The van der Waals surface area contributed by atoms with Crippen molar-refractivity contribution in [3.05, 3.63) is 51.8 Å². The second kappa shape index (κ2) is 6.11. The van der Waals surface area contributed by atoms with Crippen molar-refractivity contribution in [3.63, 3.8) is 0 Å². The Morgan fingerprint density at radius 2 is 2.10 bits per heavy atom. The molecule has 0 bridgehead atoms. The van der Waals surface area contributed by atoms with Gasteiger partial charge in [-0.1, -0.05) is 35.3 Å². The van der Waals surface area contributed by atoms with Gasteiger partial charge in [0.2, 0.25) is 5.91 Å². The van der Waals surface area contributed by atoms with E-state index in [1.165, 1.54) is 6.07 Å². The highest BCUT2D eigenvalue weighted by Gasteiger charge is 2.11. The van der Waals surface area contributed by atoms with Gasteiger partial charge in [-0.3, -0.25) is 4.79 Å². The Morgan fingerprint density at radius 3 is 2.75 bits per heavy atom. The number of anilines is 1. The van der Waals surface area contributed by atoms with E-state index >= 15 is 0 Å². The molecule has 2 aromatic rings. The molecule has 0 fully saturated rings. The number of aromatic hydroxyl groups is 1. The number of carbonyl (C=O) groups excluding carboxylic acids is 1. The van der Waals surface area contributed by atoms with E-state index in [0.29, 0.717) is 11.3 Å². The quantitative estimate of drug-likeness (QED) is 0.852. The lowest BCUT2D eigenvalue weighted by Gasteiger charge is -2.10. The van der Waals surface area contributed by atoms with Gasteiger partial charge in [-0.15, -0.1) is 0 Å². The van der Waals surface area contributed by atoms with Crippen LogP contribution in [0.5, 0.6) is 5.75 Å². The van der Waals surface area contributed by atoms with Gasteiger partial charge >= 0.3 is 0 Å². The minimum absolute atomic E-state index is 0.123. The minimum Gasteiger partial charge on any atom is -0.508 e. The van der Waals surface area contributed by atoms with Crippen molar-refractivity contribution in [2.45, 2.75) is 13.3 Å². The summed E-state index contributed by atoms with van der Waals surface area (Å²) in [5, 5.41) is 12.5. The van der Waals surface area contributed by atoms with E-state index in [2.05, 4.69) is 10.3 Å². The summed E-state index contributed by atoms with van der Waals surface area (Å²) in [6, 6.07) is 8.14. The third kappa shape index (κ3) is 3.62. The molecule has 0 unspecified atom stereocenters. The number of hydrogen-bond donors (Lipinski definition) is 2. The lowest BCUT2D eigenvalue weighted by atomic mass is 10.1. The van der Waals surface area contributed by atoms with Crippen LogP contribution in [0.3, 0.4) is 0 Å².